The number of nitrogens with zero attached hydrogens (tertiary/aromatic N) is 1. The summed E-state index contributed by atoms with van der Waals surface area (Å²) >= 11 is 0. The van der Waals surface area contributed by atoms with Gasteiger partial charge in [-0.05, 0) is 45.7 Å². The van der Waals surface area contributed by atoms with Crippen LogP contribution in [-0.2, 0) is 5.60 Å². The van der Waals surface area contributed by atoms with Crippen molar-refractivity contribution >= 4 is 0 Å². The number of hydrogen-bond donors (Lipinski definition) is 1. The van der Waals surface area contributed by atoms with Crippen LogP contribution < -0.4 is 5.43 Å². The lowest BCUT2D eigenvalue weighted by Crippen LogP contribution is -2.27. The molecule has 1 aromatic carbocycles. The second-order valence-electron chi connectivity index (χ2n) is 5.86. The van der Waals surface area contributed by atoms with E-state index in [1.54, 1.807) is 26.1 Å². The van der Waals surface area contributed by atoms with E-state index in [2.05, 4.69) is 0 Å². The predicted octanol–water partition coefficient (Wildman–Crippen LogP) is 2.99. The van der Waals surface area contributed by atoms with Crippen LogP contribution in [0, 0.1) is 20.8 Å². The number of benzene rings is 1. The highest BCUT2D eigenvalue weighted by Crippen LogP contribution is 2.23. The molecule has 0 radical (unpaired) electrons. The smallest absolute Gasteiger partial charge is 0.187 e. The van der Waals surface area contributed by atoms with Crippen molar-refractivity contribution in [1.82, 2.24) is 4.57 Å². The molecule has 1 aromatic heterocycles. The Labute approximate surface area is 119 Å². The molecule has 3 nitrogen and oxygen atoms in total. The topological polar surface area (TPSA) is 42.2 Å². The fourth-order valence-corrected chi connectivity index (χ4v) is 2.52. The molecule has 2 aromatic rings. The fourth-order valence-electron chi connectivity index (χ4n) is 2.52. The Morgan fingerprint density at radius 3 is 2.15 bits per heavy atom. The van der Waals surface area contributed by atoms with Crippen molar-refractivity contribution in [3.05, 3.63) is 63.1 Å². The summed E-state index contributed by atoms with van der Waals surface area (Å²) in [6.45, 7) is 9.26. The fraction of sp³-hybridized carbons (Fsp3) is 0.353. The summed E-state index contributed by atoms with van der Waals surface area (Å²) in [5, 5.41) is 10.2. The lowest BCUT2D eigenvalue weighted by atomic mass is 9.99. The van der Waals surface area contributed by atoms with Crippen LogP contribution in [0.4, 0.5) is 0 Å². The van der Waals surface area contributed by atoms with E-state index in [0.29, 0.717) is 5.56 Å². The summed E-state index contributed by atoms with van der Waals surface area (Å²) in [6.07, 6.45) is 1.76. The Balaban J connectivity index is 2.79. The lowest BCUT2D eigenvalue weighted by molar-refractivity contribution is 0.0769. The van der Waals surface area contributed by atoms with Crippen molar-refractivity contribution < 1.29 is 5.11 Å². The summed E-state index contributed by atoms with van der Waals surface area (Å²) in [4.78, 5) is 12.1. The Bertz CT molecular complexity index is 686. The molecular formula is C17H21NO2. The van der Waals surface area contributed by atoms with E-state index >= 15 is 0 Å². The predicted molar refractivity (Wildman–Crippen MR) is 81.5 cm³/mol. The molecule has 0 spiro atoms. The molecule has 0 saturated carbocycles. The van der Waals surface area contributed by atoms with Gasteiger partial charge in [0.15, 0.2) is 5.43 Å². The molecule has 1 heterocycles. The molecule has 0 saturated heterocycles. The number of aryl methyl sites for hydroxylation is 3. The molecule has 106 valence electrons. The van der Waals surface area contributed by atoms with Gasteiger partial charge in [-0.2, -0.15) is 0 Å². The highest BCUT2D eigenvalue weighted by molar-refractivity contribution is 5.48. The zero-order chi connectivity index (χ0) is 15.1. The van der Waals surface area contributed by atoms with E-state index in [9.17, 15) is 9.90 Å². The minimum atomic E-state index is -1.15. The van der Waals surface area contributed by atoms with Crippen molar-refractivity contribution in [2.45, 2.75) is 40.2 Å². The summed E-state index contributed by atoms with van der Waals surface area (Å²) in [5.41, 5.74) is 3.33. The monoisotopic (exact) mass is 271 g/mol. The van der Waals surface area contributed by atoms with Gasteiger partial charge in [-0.3, -0.25) is 4.79 Å². The summed E-state index contributed by atoms with van der Waals surface area (Å²) in [7, 11) is 0. The van der Waals surface area contributed by atoms with Gasteiger partial charge in [-0.1, -0.05) is 18.2 Å². The molecule has 1 N–H and O–H groups in total. The SMILES string of the molecule is Cc1cccc(C)c1-n1cc(C(C)(C)O)c(=O)cc1C. The minimum absolute atomic E-state index is 0.127. The van der Waals surface area contributed by atoms with Gasteiger partial charge in [0.05, 0.1) is 11.3 Å². The third kappa shape index (κ3) is 2.54. The van der Waals surface area contributed by atoms with Gasteiger partial charge in [0.25, 0.3) is 0 Å². The maximum absolute atomic E-state index is 12.1. The van der Waals surface area contributed by atoms with Gasteiger partial charge < -0.3 is 9.67 Å². The van der Waals surface area contributed by atoms with Crippen LogP contribution in [-0.4, -0.2) is 9.67 Å². The average molecular weight is 271 g/mol. The molecule has 20 heavy (non-hydrogen) atoms. The maximum atomic E-state index is 12.1. The van der Waals surface area contributed by atoms with Gasteiger partial charge in [0.2, 0.25) is 0 Å². The number of aromatic nitrogens is 1. The quantitative estimate of drug-likeness (QED) is 0.912. The molecule has 0 unspecified atom stereocenters. The molecule has 2 rings (SSSR count). The van der Waals surface area contributed by atoms with Gasteiger partial charge in [0.1, 0.15) is 0 Å². The molecule has 0 fully saturated rings. The van der Waals surface area contributed by atoms with Gasteiger partial charge in [0, 0.05) is 23.5 Å². The van der Waals surface area contributed by atoms with Gasteiger partial charge in [-0.15, -0.1) is 0 Å². The average Bonchev–Trinajstić information content (AvgIpc) is 2.29. The zero-order valence-electron chi connectivity index (χ0n) is 12.7. The Morgan fingerprint density at radius 1 is 1.10 bits per heavy atom. The second kappa shape index (κ2) is 4.91. The molecule has 0 bridgehead atoms. The molecule has 0 atom stereocenters. The van der Waals surface area contributed by atoms with E-state index in [0.717, 1.165) is 22.5 Å². The van der Waals surface area contributed by atoms with Crippen LogP contribution >= 0.6 is 0 Å². The number of para-hydroxylation sites is 1. The van der Waals surface area contributed by atoms with Crippen molar-refractivity contribution in [2.24, 2.45) is 0 Å². The van der Waals surface area contributed by atoms with Crippen LogP contribution in [0.3, 0.4) is 0 Å². The largest absolute Gasteiger partial charge is 0.386 e. The molecule has 0 amide bonds. The second-order valence-corrected chi connectivity index (χ2v) is 5.86. The zero-order valence-corrected chi connectivity index (χ0v) is 12.7. The first-order chi connectivity index (χ1) is 9.21. The van der Waals surface area contributed by atoms with E-state index in [1.807, 2.05) is 43.5 Å². The minimum Gasteiger partial charge on any atom is -0.386 e. The molecule has 0 aliphatic heterocycles. The van der Waals surface area contributed by atoms with Gasteiger partial charge in [-0.25, -0.2) is 0 Å². The molecular weight excluding hydrogens is 250 g/mol. The van der Waals surface area contributed by atoms with Crippen molar-refractivity contribution in [3.8, 4) is 5.69 Å². The molecule has 0 aliphatic rings. The Hall–Kier alpha value is -1.87. The summed E-state index contributed by atoms with van der Waals surface area (Å²) in [6, 6.07) is 7.69. The molecule has 0 aliphatic carbocycles. The van der Waals surface area contributed by atoms with Crippen LogP contribution in [0.2, 0.25) is 0 Å². The van der Waals surface area contributed by atoms with Crippen LogP contribution in [0.15, 0.2) is 35.3 Å². The first kappa shape index (κ1) is 14.5. The third-order valence-corrected chi connectivity index (χ3v) is 3.58. The summed E-state index contributed by atoms with van der Waals surface area (Å²) < 4.78 is 1.99. The van der Waals surface area contributed by atoms with Crippen molar-refractivity contribution in [2.75, 3.05) is 0 Å². The van der Waals surface area contributed by atoms with E-state index in [-0.39, 0.29) is 5.43 Å². The standard InChI is InChI=1S/C17H21NO2/c1-11-7-6-8-12(2)16(11)18-10-14(17(4,5)20)15(19)9-13(18)3/h6-10,20H,1-5H3. The van der Waals surface area contributed by atoms with E-state index in [1.165, 1.54) is 0 Å². The maximum Gasteiger partial charge on any atom is 0.187 e. The number of hydrogen-bond acceptors (Lipinski definition) is 2. The van der Waals surface area contributed by atoms with Crippen molar-refractivity contribution in [3.63, 3.8) is 0 Å². The highest BCUT2D eigenvalue weighted by Gasteiger charge is 2.21. The Morgan fingerprint density at radius 2 is 1.65 bits per heavy atom. The summed E-state index contributed by atoms with van der Waals surface area (Å²) in [5.74, 6) is 0. The number of rotatable bonds is 2. The van der Waals surface area contributed by atoms with E-state index < -0.39 is 5.60 Å². The van der Waals surface area contributed by atoms with Crippen LogP contribution in [0.1, 0.15) is 36.2 Å². The Kier molecular flexibility index (Phi) is 3.57. The van der Waals surface area contributed by atoms with Crippen LogP contribution in [0.5, 0.6) is 0 Å². The highest BCUT2D eigenvalue weighted by atomic mass is 16.3. The number of aliphatic hydroxyl groups is 1. The van der Waals surface area contributed by atoms with E-state index in [4.69, 9.17) is 0 Å². The van der Waals surface area contributed by atoms with Gasteiger partial charge >= 0.3 is 0 Å². The van der Waals surface area contributed by atoms with Crippen LogP contribution in [0.25, 0.3) is 5.69 Å². The first-order valence-electron chi connectivity index (χ1n) is 6.74. The lowest BCUT2D eigenvalue weighted by Gasteiger charge is -2.22. The number of pyridine rings is 1. The molecule has 3 heteroatoms. The van der Waals surface area contributed by atoms with Crippen molar-refractivity contribution in [1.29, 1.82) is 0 Å². The normalized spacial score (nSPS) is 11.7. The first-order valence-corrected chi connectivity index (χ1v) is 6.74. The third-order valence-electron chi connectivity index (χ3n) is 3.58.